The maximum absolute atomic E-state index is 4.50. The lowest BCUT2D eigenvalue weighted by Crippen LogP contribution is -2.37. The Bertz CT molecular complexity index is 379. The molecular weight excluding hydrogens is 252 g/mol. The molecule has 80 valence electrons. The number of nitrogens with zero attached hydrogens (tertiary/aromatic N) is 1. The molecule has 2 rings (SSSR count). The average Bonchev–Trinajstić information content (AvgIpc) is 2.71. The molecule has 1 aromatic carbocycles. The number of rotatable bonds is 2. The third-order valence-electron chi connectivity index (χ3n) is 2.83. The summed E-state index contributed by atoms with van der Waals surface area (Å²) in [5.74, 6) is 1.10. The Balaban J connectivity index is 2.32. The lowest BCUT2D eigenvalue weighted by Gasteiger charge is -2.25. The van der Waals surface area contributed by atoms with E-state index in [2.05, 4.69) is 64.4 Å². The third-order valence-corrected chi connectivity index (χ3v) is 3.36. The van der Waals surface area contributed by atoms with E-state index >= 15 is 0 Å². The van der Waals surface area contributed by atoms with Crippen molar-refractivity contribution < 1.29 is 0 Å². The van der Waals surface area contributed by atoms with E-state index in [1.807, 2.05) is 0 Å². The van der Waals surface area contributed by atoms with Crippen molar-refractivity contribution in [2.24, 2.45) is 4.99 Å². The van der Waals surface area contributed by atoms with Crippen LogP contribution in [-0.4, -0.2) is 18.9 Å². The smallest absolute Gasteiger partial charge is 0.107 e. The predicted molar refractivity (Wildman–Crippen MR) is 67.5 cm³/mol. The normalized spacial score (nSPS) is 16.1. The van der Waals surface area contributed by atoms with Crippen LogP contribution in [0.5, 0.6) is 0 Å². The summed E-state index contributed by atoms with van der Waals surface area (Å²) in [5, 5.41) is 3.35. The highest BCUT2D eigenvalue weighted by molar-refractivity contribution is 9.10. The molecule has 1 aliphatic heterocycles. The van der Waals surface area contributed by atoms with Crippen LogP contribution in [0.3, 0.4) is 0 Å². The van der Waals surface area contributed by atoms with Crippen LogP contribution in [0, 0.1) is 0 Å². The van der Waals surface area contributed by atoms with Gasteiger partial charge in [-0.25, -0.2) is 0 Å². The lowest BCUT2D eigenvalue weighted by atomic mass is 9.83. The second-order valence-electron chi connectivity index (χ2n) is 4.29. The van der Waals surface area contributed by atoms with Gasteiger partial charge in [-0.15, -0.1) is 0 Å². The van der Waals surface area contributed by atoms with Gasteiger partial charge in [0.15, 0.2) is 0 Å². The number of halogens is 1. The van der Waals surface area contributed by atoms with E-state index in [-0.39, 0.29) is 5.41 Å². The van der Waals surface area contributed by atoms with E-state index in [0.717, 1.165) is 23.4 Å². The predicted octanol–water partition coefficient (Wildman–Crippen LogP) is 2.73. The Morgan fingerprint density at radius 3 is 2.47 bits per heavy atom. The minimum absolute atomic E-state index is 0.0167. The topological polar surface area (TPSA) is 24.4 Å². The maximum Gasteiger partial charge on any atom is 0.107 e. The highest BCUT2D eigenvalue weighted by Gasteiger charge is 2.28. The summed E-state index contributed by atoms with van der Waals surface area (Å²) in [5.41, 5.74) is 1.27. The molecule has 0 aromatic heterocycles. The van der Waals surface area contributed by atoms with E-state index in [1.165, 1.54) is 5.56 Å². The molecule has 1 heterocycles. The van der Waals surface area contributed by atoms with E-state index in [0.29, 0.717) is 0 Å². The van der Waals surface area contributed by atoms with Gasteiger partial charge in [0.2, 0.25) is 0 Å². The van der Waals surface area contributed by atoms with Crippen LogP contribution < -0.4 is 5.32 Å². The molecule has 15 heavy (non-hydrogen) atoms. The van der Waals surface area contributed by atoms with Crippen molar-refractivity contribution in [1.29, 1.82) is 0 Å². The molecule has 1 aliphatic rings. The second kappa shape index (κ2) is 3.97. The van der Waals surface area contributed by atoms with Crippen molar-refractivity contribution in [3.63, 3.8) is 0 Å². The molecule has 2 nitrogen and oxygen atoms in total. The number of hydrogen-bond acceptors (Lipinski definition) is 2. The fourth-order valence-electron chi connectivity index (χ4n) is 1.82. The first-order valence-electron chi connectivity index (χ1n) is 5.15. The molecule has 1 aromatic rings. The van der Waals surface area contributed by atoms with Gasteiger partial charge in [-0.3, -0.25) is 4.99 Å². The van der Waals surface area contributed by atoms with Gasteiger partial charge in [0.25, 0.3) is 0 Å². The zero-order chi connectivity index (χ0) is 10.9. The molecule has 0 aliphatic carbocycles. The van der Waals surface area contributed by atoms with Gasteiger partial charge in [0, 0.05) is 16.4 Å². The van der Waals surface area contributed by atoms with Crippen LogP contribution in [0.2, 0.25) is 0 Å². The van der Waals surface area contributed by atoms with Crippen LogP contribution in [-0.2, 0) is 5.41 Å². The SMILES string of the molecule is CC(C)(C1=NCCN1)c1ccc(Br)cc1. The molecule has 0 radical (unpaired) electrons. The molecule has 0 fully saturated rings. The van der Waals surface area contributed by atoms with Crippen LogP contribution in [0.1, 0.15) is 19.4 Å². The van der Waals surface area contributed by atoms with Crippen molar-refractivity contribution in [3.8, 4) is 0 Å². The Morgan fingerprint density at radius 1 is 1.27 bits per heavy atom. The number of aliphatic imine (C=N–C) groups is 1. The Labute approximate surface area is 98.9 Å². The van der Waals surface area contributed by atoms with Gasteiger partial charge in [-0.05, 0) is 31.5 Å². The van der Waals surface area contributed by atoms with Crippen molar-refractivity contribution in [1.82, 2.24) is 5.32 Å². The fourth-order valence-corrected chi connectivity index (χ4v) is 2.08. The highest BCUT2D eigenvalue weighted by Crippen LogP contribution is 2.26. The zero-order valence-corrected chi connectivity index (χ0v) is 10.6. The monoisotopic (exact) mass is 266 g/mol. The maximum atomic E-state index is 4.50. The van der Waals surface area contributed by atoms with E-state index in [1.54, 1.807) is 0 Å². The summed E-state index contributed by atoms with van der Waals surface area (Å²) >= 11 is 3.45. The average molecular weight is 267 g/mol. The van der Waals surface area contributed by atoms with Gasteiger partial charge in [0.05, 0.1) is 6.54 Å². The molecule has 0 amide bonds. The third kappa shape index (κ3) is 2.07. The van der Waals surface area contributed by atoms with Gasteiger partial charge in [-0.1, -0.05) is 28.1 Å². The van der Waals surface area contributed by atoms with Crippen molar-refractivity contribution in [2.45, 2.75) is 19.3 Å². The van der Waals surface area contributed by atoms with Gasteiger partial charge < -0.3 is 5.32 Å². The standard InChI is InChI=1S/C12H15BrN2/c1-12(2,11-14-7-8-15-11)9-3-5-10(13)6-4-9/h3-6H,7-8H2,1-2H3,(H,14,15). The largest absolute Gasteiger partial charge is 0.371 e. The van der Waals surface area contributed by atoms with E-state index in [4.69, 9.17) is 0 Å². The highest BCUT2D eigenvalue weighted by atomic mass is 79.9. The molecule has 0 atom stereocenters. The molecule has 0 bridgehead atoms. The number of amidine groups is 1. The summed E-state index contributed by atoms with van der Waals surface area (Å²) in [7, 11) is 0. The summed E-state index contributed by atoms with van der Waals surface area (Å²) < 4.78 is 1.11. The van der Waals surface area contributed by atoms with Gasteiger partial charge >= 0.3 is 0 Å². The van der Waals surface area contributed by atoms with Gasteiger partial charge in [-0.2, -0.15) is 0 Å². The molecule has 0 spiro atoms. The van der Waals surface area contributed by atoms with Crippen molar-refractivity contribution in [3.05, 3.63) is 34.3 Å². The molecule has 0 saturated carbocycles. The fraction of sp³-hybridized carbons (Fsp3) is 0.417. The molecule has 0 unspecified atom stereocenters. The first-order valence-corrected chi connectivity index (χ1v) is 5.95. The Morgan fingerprint density at radius 2 is 1.93 bits per heavy atom. The first-order chi connectivity index (χ1) is 7.10. The summed E-state index contributed by atoms with van der Waals surface area (Å²) in [6.07, 6.45) is 0. The van der Waals surface area contributed by atoms with Crippen molar-refractivity contribution >= 4 is 21.8 Å². The Hall–Kier alpha value is -0.830. The molecule has 0 saturated heterocycles. The summed E-state index contributed by atoms with van der Waals surface area (Å²) in [6.45, 7) is 6.27. The van der Waals surface area contributed by atoms with Crippen molar-refractivity contribution in [2.75, 3.05) is 13.1 Å². The number of nitrogens with one attached hydrogen (secondary N) is 1. The second-order valence-corrected chi connectivity index (χ2v) is 5.20. The zero-order valence-electron chi connectivity index (χ0n) is 9.05. The van der Waals surface area contributed by atoms with E-state index in [9.17, 15) is 0 Å². The summed E-state index contributed by atoms with van der Waals surface area (Å²) in [4.78, 5) is 4.50. The van der Waals surface area contributed by atoms with Crippen LogP contribution >= 0.6 is 15.9 Å². The van der Waals surface area contributed by atoms with Crippen LogP contribution in [0.4, 0.5) is 0 Å². The minimum atomic E-state index is -0.0167. The lowest BCUT2D eigenvalue weighted by molar-refractivity contribution is 0.695. The Kier molecular flexibility index (Phi) is 2.83. The minimum Gasteiger partial charge on any atom is -0.371 e. The summed E-state index contributed by atoms with van der Waals surface area (Å²) in [6, 6.07) is 8.44. The van der Waals surface area contributed by atoms with Crippen LogP contribution in [0.25, 0.3) is 0 Å². The first kappa shape index (κ1) is 10.7. The van der Waals surface area contributed by atoms with Crippen LogP contribution in [0.15, 0.2) is 33.7 Å². The van der Waals surface area contributed by atoms with Gasteiger partial charge in [0.1, 0.15) is 5.84 Å². The number of benzene rings is 1. The van der Waals surface area contributed by atoms with E-state index < -0.39 is 0 Å². The molecular formula is C12H15BrN2. The molecule has 3 heteroatoms. The quantitative estimate of drug-likeness (QED) is 0.875. The molecule has 1 N–H and O–H groups in total. The number of hydrogen-bond donors (Lipinski definition) is 1.